The molecule has 0 fully saturated rings. The van der Waals surface area contributed by atoms with Gasteiger partial charge in [-0.05, 0) is 31.5 Å². The maximum Gasteiger partial charge on any atom is 0.180 e. The van der Waals surface area contributed by atoms with Crippen LogP contribution in [-0.4, -0.2) is 22.9 Å². The van der Waals surface area contributed by atoms with Crippen LogP contribution in [0.4, 0.5) is 0 Å². The first-order valence-corrected chi connectivity index (χ1v) is 10.3. The van der Waals surface area contributed by atoms with Gasteiger partial charge in [0.2, 0.25) is 0 Å². The molecule has 0 spiro atoms. The summed E-state index contributed by atoms with van der Waals surface area (Å²) < 4.78 is 5.29. The number of aryl methyl sites for hydroxylation is 2. The number of hydrogen-bond acceptors (Lipinski definition) is 4. The first-order chi connectivity index (χ1) is 14.0. The number of thioether (sulfide) groups is 1. The van der Waals surface area contributed by atoms with Crippen LogP contribution in [0.2, 0.25) is 0 Å². The predicted molar refractivity (Wildman–Crippen MR) is 118 cm³/mol. The van der Waals surface area contributed by atoms with Crippen molar-refractivity contribution < 1.29 is 9.53 Å². The van der Waals surface area contributed by atoms with E-state index in [-0.39, 0.29) is 11.0 Å². The van der Waals surface area contributed by atoms with Gasteiger partial charge in [-0.15, -0.1) is 0 Å². The molecule has 0 saturated carbocycles. The predicted octanol–water partition coefficient (Wildman–Crippen LogP) is 5.90. The highest BCUT2D eigenvalue weighted by Gasteiger charge is 2.25. The number of ketones is 1. The summed E-state index contributed by atoms with van der Waals surface area (Å²) in [6.07, 6.45) is 0. The number of carbonyl (C=O) groups excluding carboxylic acids is 1. The van der Waals surface area contributed by atoms with Crippen LogP contribution in [0.25, 0.3) is 11.0 Å². The molecule has 0 saturated heterocycles. The van der Waals surface area contributed by atoms with Crippen molar-refractivity contribution in [3.8, 4) is 5.75 Å². The van der Waals surface area contributed by atoms with Crippen LogP contribution in [0, 0.1) is 13.8 Å². The van der Waals surface area contributed by atoms with Crippen molar-refractivity contribution in [2.24, 2.45) is 0 Å². The molecule has 4 rings (SSSR count). The smallest absolute Gasteiger partial charge is 0.180 e. The Morgan fingerprint density at radius 2 is 1.62 bits per heavy atom. The maximum absolute atomic E-state index is 13.4. The molecule has 1 atom stereocenters. The number of nitrogens with one attached hydrogen (secondary N) is 1. The molecule has 0 aliphatic carbocycles. The zero-order valence-electron chi connectivity index (χ0n) is 16.6. The highest BCUT2D eigenvalue weighted by molar-refractivity contribution is 8.00. The number of rotatable bonds is 6. The number of H-pyrrole nitrogens is 1. The summed E-state index contributed by atoms with van der Waals surface area (Å²) in [5.41, 5.74) is 5.69. The largest absolute Gasteiger partial charge is 0.497 e. The van der Waals surface area contributed by atoms with Crippen LogP contribution in [0.15, 0.2) is 71.9 Å². The van der Waals surface area contributed by atoms with Crippen molar-refractivity contribution in [3.05, 3.63) is 89.0 Å². The average molecular weight is 403 g/mol. The number of benzene rings is 3. The zero-order valence-corrected chi connectivity index (χ0v) is 17.4. The van der Waals surface area contributed by atoms with Crippen molar-refractivity contribution in [2.45, 2.75) is 24.3 Å². The summed E-state index contributed by atoms with van der Waals surface area (Å²) in [5, 5.41) is 0.319. The van der Waals surface area contributed by atoms with Gasteiger partial charge in [-0.1, -0.05) is 71.4 Å². The number of carbonyl (C=O) groups is 1. The minimum absolute atomic E-state index is 0.0666. The molecular formula is C24H22N2O2S. The van der Waals surface area contributed by atoms with Gasteiger partial charge < -0.3 is 9.72 Å². The third-order valence-corrected chi connectivity index (χ3v) is 5.99. The van der Waals surface area contributed by atoms with Gasteiger partial charge in [0.1, 0.15) is 11.0 Å². The van der Waals surface area contributed by atoms with Crippen LogP contribution in [0.3, 0.4) is 0 Å². The Hall–Kier alpha value is -3.05. The van der Waals surface area contributed by atoms with Gasteiger partial charge in [-0.2, -0.15) is 0 Å². The highest BCUT2D eigenvalue weighted by Crippen LogP contribution is 2.37. The van der Waals surface area contributed by atoms with Crippen molar-refractivity contribution in [1.82, 2.24) is 9.97 Å². The van der Waals surface area contributed by atoms with E-state index < -0.39 is 0 Å². The number of ether oxygens (including phenoxy) is 1. The lowest BCUT2D eigenvalue weighted by Crippen LogP contribution is -2.10. The van der Waals surface area contributed by atoms with E-state index in [1.54, 1.807) is 7.11 Å². The summed E-state index contributed by atoms with van der Waals surface area (Å²) in [5.74, 6) is 0.834. The third-order valence-electron chi connectivity index (χ3n) is 4.85. The molecule has 1 N–H and O–H groups in total. The van der Waals surface area contributed by atoms with Crippen LogP contribution in [0.5, 0.6) is 5.75 Å². The number of imidazole rings is 1. The molecule has 146 valence electrons. The molecule has 0 aliphatic rings. The fourth-order valence-electron chi connectivity index (χ4n) is 3.14. The maximum atomic E-state index is 13.4. The lowest BCUT2D eigenvalue weighted by molar-refractivity contribution is 0.0989. The van der Waals surface area contributed by atoms with Gasteiger partial charge in [-0.25, -0.2) is 4.98 Å². The van der Waals surface area contributed by atoms with Crippen molar-refractivity contribution >= 4 is 28.6 Å². The number of Topliss-reactive ketones (excluding diaryl/α,β-unsaturated/α-hetero) is 1. The molecule has 0 amide bonds. The van der Waals surface area contributed by atoms with Crippen LogP contribution < -0.4 is 4.74 Å². The molecule has 0 unspecified atom stereocenters. The molecule has 5 heteroatoms. The van der Waals surface area contributed by atoms with E-state index in [0.29, 0.717) is 10.7 Å². The normalized spacial score (nSPS) is 12.1. The fraction of sp³-hybridized carbons (Fsp3) is 0.167. The van der Waals surface area contributed by atoms with Crippen molar-refractivity contribution in [2.75, 3.05) is 7.11 Å². The SMILES string of the molecule is COc1ccc2nc(S[C@@H](C(=O)c3ccc(C)cc3)c3ccc(C)cc3)[nH]c2c1. The molecule has 0 bridgehead atoms. The molecule has 0 aliphatic heterocycles. The first-order valence-electron chi connectivity index (χ1n) is 9.41. The zero-order chi connectivity index (χ0) is 20.4. The number of aromatic amines is 1. The molecular weight excluding hydrogens is 380 g/mol. The summed E-state index contributed by atoms with van der Waals surface area (Å²) in [6, 6.07) is 21.5. The van der Waals surface area contributed by atoms with Crippen LogP contribution in [-0.2, 0) is 0 Å². The van der Waals surface area contributed by atoms with E-state index in [1.807, 2.05) is 80.6 Å². The second-order valence-electron chi connectivity index (χ2n) is 7.06. The van der Waals surface area contributed by atoms with Gasteiger partial charge in [0.05, 0.1) is 18.1 Å². The summed E-state index contributed by atoms with van der Waals surface area (Å²) in [6.45, 7) is 4.06. The lowest BCUT2D eigenvalue weighted by Gasteiger charge is -2.15. The van der Waals surface area contributed by atoms with E-state index >= 15 is 0 Å². The Morgan fingerprint density at radius 3 is 2.28 bits per heavy atom. The van der Waals surface area contributed by atoms with E-state index in [1.165, 1.54) is 11.8 Å². The first kappa shape index (κ1) is 19.3. The number of aromatic nitrogens is 2. The van der Waals surface area contributed by atoms with E-state index in [4.69, 9.17) is 4.74 Å². The Bertz CT molecular complexity index is 1150. The summed E-state index contributed by atoms with van der Waals surface area (Å²) >= 11 is 1.44. The van der Waals surface area contributed by atoms with Crippen LogP contribution in [0.1, 0.15) is 32.3 Å². The lowest BCUT2D eigenvalue weighted by atomic mass is 10.0. The Morgan fingerprint density at radius 1 is 0.966 bits per heavy atom. The average Bonchev–Trinajstić information content (AvgIpc) is 3.14. The van der Waals surface area contributed by atoms with E-state index in [2.05, 4.69) is 9.97 Å². The Balaban J connectivity index is 1.71. The standard InChI is InChI=1S/C24H22N2O2S/c1-15-4-8-17(9-5-15)22(27)23(18-10-6-16(2)7-11-18)29-24-25-20-13-12-19(28-3)14-21(20)26-24/h4-14,23H,1-3H3,(H,25,26)/t23-/m1/s1. The fourth-order valence-corrected chi connectivity index (χ4v) is 4.22. The van der Waals surface area contributed by atoms with Gasteiger partial charge in [-0.3, -0.25) is 4.79 Å². The number of hydrogen-bond donors (Lipinski definition) is 1. The monoisotopic (exact) mass is 402 g/mol. The molecule has 1 aromatic heterocycles. The van der Waals surface area contributed by atoms with E-state index in [9.17, 15) is 4.79 Å². The van der Waals surface area contributed by atoms with Crippen molar-refractivity contribution in [1.29, 1.82) is 0 Å². The van der Waals surface area contributed by atoms with Crippen LogP contribution >= 0.6 is 11.8 Å². The Kier molecular flexibility index (Phi) is 5.41. The Labute approximate surface area is 174 Å². The summed E-state index contributed by atoms with van der Waals surface area (Å²) in [4.78, 5) is 21.4. The van der Waals surface area contributed by atoms with Gasteiger partial charge in [0, 0.05) is 11.6 Å². The van der Waals surface area contributed by atoms with Crippen molar-refractivity contribution in [3.63, 3.8) is 0 Å². The quantitative estimate of drug-likeness (QED) is 0.322. The molecule has 0 radical (unpaired) electrons. The topological polar surface area (TPSA) is 55.0 Å². The molecule has 4 aromatic rings. The van der Waals surface area contributed by atoms with Gasteiger partial charge >= 0.3 is 0 Å². The molecule has 1 heterocycles. The van der Waals surface area contributed by atoms with E-state index in [0.717, 1.165) is 33.5 Å². The summed E-state index contributed by atoms with van der Waals surface area (Å²) in [7, 11) is 1.64. The number of fused-ring (bicyclic) bond motifs is 1. The highest BCUT2D eigenvalue weighted by atomic mass is 32.2. The molecule has 4 nitrogen and oxygen atoms in total. The number of methoxy groups -OCH3 is 1. The minimum Gasteiger partial charge on any atom is -0.497 e. The second kappa shape index (κ2) is 8.13. The molecule has 29 heavy (non-hydrogen) atoms. The minimum atomic E-state index is -0.388. The molecule has 3 aromatic carbocycles. The van der Waals surface area contributed by atoms with Gasteiger partial charge in [0.15, 0.2) is 10.9 Å². The third kappa shape index (κ3) is 4.20. The second-order valence-corrected chi connectivity index (χ2v) is 8.16. The van der Waals surface area contributed by atoms with Gasteiger partial charge in [0.25, 0.3) is 0 Å². The number of nitrogens with zero attached hydrogens (tertiary/aromatic N) is 1.